The van der Waals surface area contributed by atoms with Crippen LogP contribution in [0.2, 0.25) is 0 Å². The molecule has 6 nitrogen and oxygen atoms in total. The summed E-state index contributed by atoms with van der Waals surface area (Å²) in [6.45, 7) is 6.03. The molecule has 1 heterocycles. The number of carbonyl (C=O) groups is 1. The Bertz CT molecular complexity index is 867. The number of amides is 1. The van der Waals surface area contributed by atoms with Crippen molar-refractivity contribution in [1.29, 1.82) is 0 Å². The van der Waals surface area contributed by atoms with Crippen LogP contribution in [0.25, 0.3) is 11.4 Å². The van der Waals surface area contributed by atoms with Crippen LogP contribution >= 0.6 is 0 Å². The second-order valence-electron chi connectivity index (χ2n) is 5.89. The zero-order valence-electron chi connectivity index (χ0n) is 13.9. The fraction of sp³-hybridized carbons (Fsp3) is 0.222. The second kappa shape index (κ2) is 6.62. The summed E-state index contributed by atoms with van der Waals surface area (Å²) in [5.41, 5.74) is 4.96. The summed E-state index contributed by atoms with van der Waals surface area (Å²) >= 11 is 0. The predicted octanol–water partition coefficient (Wildman–Crippen LogP) is 2.90. The SMILES string of the molecule is Cc1ccc(-c2nnnn2CC(=O)Nc2cc(C)ccc2C)cc1. The van der Waals surface area contributed by atoms with Crippen molar-refractivity contribution in [3.05, 3.63) is 59.2 Å². The van der Waals surface area contributed by atoms with Crippen molar-refractivity contribution in [2.75, 3.05) is 5.32 Å². The Morgan fingerprint density at radius 2 is 1.75 bits per heavy atom. The van der Waals surface area contributed by atoms with Crippen LogP contribution in [0, 0.1) is 20.8 Å². The van der Waals surface area contributed by atoms with Gasteiger partial charge >= 0.3 is 0 Å². The fourth-order valence-corrected chi connectivity index (χ4v) is 2.42. The second-order valence-corrected chi connectivity index (χ2v) is 5.89. The lowest BCUT2D eigenvalue weighted by Gasteiger charge is -2.10. The molecule has 122 valence electrons. The number of hydrogen-bond acceptors (Lipinski definition) is 4. The van der Waals surface area contributed by atoms with Gasteiger partial charge in [-0.05, 0) is 48.4 Å². The van der Waals surface area contributed by atoms with Gasteiger partial charge in [-0.25, -0.2) is 4.68 Å². The van der Waals surface area contributed by atoms with E-state index in [1.165, 1.54) is 4.68 Å². The van der Waals surface area contributed by atoms with Gasteiger partial charge in [0.1, 0.15) is 6.54 Å². The van der Waals surface area contributed by atoms with E-state index < -0.39 is 0 Å². The summed E-state index contributed by atoms with van der Waals surface area (Å²) in [6, 6.07) is 13.8. The molecule has 1 amide bonds. The lowest BCUT2D eigenvalue weighted by Crippen LogP contribution is -2.20. The van der Waals surface area contributed by atoms with Crippen LogP contribution in [0.5, 0.6) is 0 Å². The predicted molar refractivity (Wildman–Crippen MR) is 92.5 cm³/mol. The van der Waals surface area contributed by atoms with E-state index in [1.54, 1.807) is 0 Å². The highest BCUT2D eigenvalue weighted by molar-refractivity contribution is 5.91. The summed E-state index contributed by atoms with van der Waals surface area (Å²) in [4.78, 5) is 12.4. The van der Waals surface area contributed by atoms with E-state index in [4.69, 9.17) is 0 Å². The van der Waals surface area contributed by atoms with E-state index in [0.29, 0.717) is 5.82 Å². The van der Waals surface area contributed by atoms with Gasteiger partial charge in [-0.3, -0.25) is 4.79 Å². The highest BCUT2D eigenvalue weighted by Gasteiger charge is 2.13. The van der Waals surface area contributed by atoms with Crippen molar-refractivity contribution >= 4 is 11.6 Å². The topological polar surface area (TPSA) is 72.7 Å². The molecular formula is C18H19N5O. The van der Waals surface area contributed by atoms with Gasteiger partial charge in [-0.1, -0.05) is 42.0 Å². The average Bonchev–Trinajstić information content (AvgIpc) is 2.99. The number of nitrogens with zero attached hydrogens (tertiary/aromatic N) is 4. The van der Waals surface area contributed by atoms with Gasteiger partial charge < -0.3 is 5.32 Å². The molecule has 6 heteroatoms. The summed E-state index contributed by atoms with van der Waals surface area (Å²) < 4.78 is 1.51. The van der Waals surface area contributed by atoms with Crippen LogP contribution in [-0.4, -0.2) is 26.1 Å². The Hall–Kier alpha value is -3.02. The Kier molecular flexibility index (Phi) is 4.37. The maximum Gasteiger partial charge on any atom is 0.246 e. The Labute approximate surface area is 140 Å². The van der Waals surface area contributed by atoms with Crippen molar-refractivity contribution in [2.24, 2.45) is 0 Å². The van der Waals surface area contributed by atoms with Crippen molar-refractivity contribution in [3.8, 4) is 11.4 Å². The van der Waals surface area contributed by atoms with Crippen LogP contribution in [0.3, 0.4) is 0 Å². The molecule has 0 radical (unpaired) electrons. The number of benzene rings is 2. The molecule has 2 aromatic carbocycles. The molecule has 0 saturated heterocycles. The Morgan fingerprint density at radius 1 is 1.04 bits per heavy atom. The lowest BCUT2D eigenvalue weighted by atomic mass is 10.1. The summed E-state index contributed by atoms with van der Waals surface area (Å²) in [5, 5.41) is 14.6. The molecule has 1 aromatic heterocycles. The van der Waals surface area contributed by atoms with E-state index in [1.807, 2.05) is 63.2 Å². The Morgan fingerprint density at radius 3 is 2.50 bits per heavy atom. The van der Waals surface area contributed by atoms with Crippen LogP contribution in [0.4, 0.5) is 5.69 Å². The van der Waals surface area contributed by atoms with E-state index in [-0.39, 0.29) is 12.5 Å². The van der Waals surface area contributed by atoms with E-state index in [2.05, 4.69) is 20.8 Å². The van der Waals surface area contributed by atoms with Crippen molar-refractivity contribution in [3.63, 3.8) is 0 Å². The van der Waals surface area contributed by atoms with Crippen molar-refractivity contribution in [1.82, 2.24) is 20.2 Å². The standard InChI is InChI=1S/C18H19N5O/c1-12-5-8-15(9-6-12)18-20-21-22-23(18)11-17(24)19-16-10-13(2)4-7-14(16)3/h4-10H,11H2,1-3H3,(H,19,24). The van der Waals surface area contributed by atoms with Crippen LogP contribution < -0.4 is 5.32 Å². The number of aryl methyl sites for hydroxylation is 3. The maximum absolute atomic E-state index is 12.4. The van der Waals surface area contributed by atoms with E-state index in [0.717, 1.165) is 27.9 Å². The minimum absolute atomic E-state index is 0.0591. The number of rotatable bonds is 4. The molecule has 0 spiro atoms. The average molecular weight is 321 g/mol. The highest BCUT2D eigenvalue weighted by atomic mass is 16.2. The number of aromatic nitrogens is 4. The first kappa shape index (κ1) is 15.9. The molecule has 0 saturated carbocycles. The highest BCUT2D eigenvalue weighted by Crippen LogP contribution is 2.18. The lowest BCUT2D eigenvalue weighted by molar-refractivity contribution is -0.116. The zero-order valence-corrected chi connectivity index (χ0v) is 13.9. The molecule has 0 aliphatic carbocycles. The van der Waals surface area contributed by atoms with Gasteiger partial charge in [0.05, 0.1) is 0 Å². The maximum atomic E-state index is 12.4. The number of tetrazole rings is 1. The van der Waals surface area contributed by atoms with E-state index >= 15 is 0 Å². The van der Waals surface area contributed by atoms with Crippen LogP contribution in [0.15, 0.2) is 42.5 Å². The number of hydrogen-bond donors (Lipinski definition) is 1. The van der Waals surface area contributed by atoms with Gasteiger partial charge in [-0.15, -0.1) is 5.10 Å². The van der Waals surface area contributed by atoms with Crippen LogP contribution in [-0.2, 0) is 11.3 Å². The summed E-state index contributed by atoms with van der Waals surface area (Å²) in [5.74, 6) is 0.412. The van der Waals surface area contributed by atoms with Gasteiger partial charge in [0, 0.05) is 11.3 Å². The first-order valence-corrected chi connectivity index (χ1v) is 7.73. The third-order valence-corrected chi connectivity index (χ3v) is 3.80. The largest absolute Gasteiger partial charge is 0.324 e. The molecule has 0 bridgehead atoms. The molecule has 3 rings (SSSR count). The van der Waals surface area contributed by atoms with Crippen molar-refractivity contribution in [2.45, 2.75) is 27.3 Å². The zero-order chi connectivity index (χ0) is 17.1. The van der Waals surface area contributed by atoms with Gasteiger partial charge in [0.2, 0.25) is 5.91 Å². The van der Waals surface area contributed by atoms with Gasteiger partial charge in [0.15, 0.2) is 5.82 Å². The minimum Gasteiger partial charge on any atom is -0.324 e. The number of carbonyl (C=O) groups excluding carboxylic acids is 1. The minimum atomic E-state index is -0.163. The fourth-order valence-electron chi connectivity index (χ4n) is 2.42. The summed E-state index contributed by atoms with van der Waals surface area (Å²) in [6.07, 6.45) is 0. The number of nitrogens with one attached hydrogen (secondary N) is 1. The first-order chi connectivity index (χ1) is 11.5. The monoisotopic (exact) mass is 321 g/mol. The molecule has 0 atom stereocenters. The molecular weight excluding hydrogens is 302 g/mol. The number of anilines is 1. The first-order valence-electron chi connectivity index (χ1n) is 7.73. The molecule has 0 fully saturated rings. The quantitative estimate of drug-likeness (QED) is 0.802. The molecule has 3 aromatic rings. The normalized spacial score (nSPS) is 10.6. The molecule has 0 aliphatic heterocycles. The van der Waals surface area contributed by atoms with E-state index in [9.17, 15) is 4.79 Å². The molecule has 24 heavy (non-hydrogen) atoms. The Balaban J connectivity index is 1.77. The third kappa shape index (κ3) is 3.48. The summed E-state index contributed by atoms with van der Waals surface area (Å²) in [7, 11) is 0. The van der Waals surface area contributed by atoms with Gasteiger partial charge in [-0.2, -0.15) is 0 Å². The molecule has 0 aliphatic rings. The van der Waals surface area contributed by atoms with Crippen LogP contribution in [0.1, 0.15) is 16.7 Å². The third-order valence-electron chi connectivity index (χ3n) is 3.80. The molecule has 0 unspecified atom stereocenters. The van der Waals surface area contributed by atoms with Crippen molar-refractivity contribution < 1.29 is 4.79 Å². The smallest absolute Gasteiger partial charge is 0.246 e. The van der Waals surface area contributed by atoms with Gasteiger partial charge in [0.25, 0.3) is 0 Å². The molecule has 1 N–H and O–H groups in total.